The molecule has 0 aliphatic carbocycles. The molecule has 1 fully saturated rings. The summed E-state index contributed by atoms with van der Waals surface area (Å²) in [5, 5.41) is 4.80. The highest BCUT2D eigenvalue weighted by Gasteiger charge is 2.46. The van der Waals surface area contributed by atoms with E-state index >= 15 is 0 Å². The van der Waals surface area contributed by atoms with Gasteiger partial charge in [0.2, 0.25) is 11.8 Å². The number of amides is 2. The summed E-state index contributed by atoms with van der Waals surface area (Å²) in [7, 11) is 0. The number of nitrogens with one attached hydrogen (secondary N) is 2. The second kappa shape index (κ2) is 9.15. The van der Waals surface area contributed by atoms with Gasteiger partial charge in [-0.1, -0.05) is 60.7 Å². The Labute approximate surface area is 173 Å². The molecule has 0 spiro atoms. The Morgan fingerprint density at radius 2 is 1.83 bits per heavy atom. The highest BCUT2D eigenvalue weighted by Crippen LogP contribution is 2.30. The van der Waals surface area contributed by atoms with E-state index in [9.17, 15) is 22.8 Å². The van der Waals surface area contributed by atoms with E-state index in [1.54, 1.807) is 6.08 Å². The zero-order chi connectivity index (χ0) is 21.7. The Morgan fingerprint density at radius 1 is 1.13 bits per heavy atom. The van der Waals surface area contributed by atoms with Crippen LogP contribution in [0.1, 0.15) is 35.6 Å². The number of hydrogen-bond acceptors (Lipinski definition) is 2. The lowest BCUT2D eigenvalue weighted by Gasteiger charge is -2.31. The number of hydrogen-bond donors (Lipinski definition) is 2. The number of piperidine rings is 1. The lowest BCUT2D eigenvalue weighted by Crippen LogP contribution is -2.54. The van der Waals surface area contributed by atoms with Crippen LogP contribution in [0.2, 0.25) is 0 Å². The first kappa shape index (κ1) is 21.6. The maximum absolute atomic E-state index is 12.9. The van der Waals surface area contributed by atoms with Gasteiger partial charge in [-0.3, -0.25) is 9.59 Å². The average molecular weight is 416 g/mol. The Balaban J connectivity index is 1.82. The summed E-state index contributed by atoms with van der Waals surface area (Å²) >= 11 is 0. The molecule has 3 unspecified atom stereocenters. The van der Waals surface area contributed by atoms with Crippen LogP contribution in [0, 0.1) is 5.92 Å². The summed E-state index contributed by atoms with van der Waals surface area (Å²) in [5.74, 6) is -2.64. The van der Waals surface area contributed by atoms with E-state index < -0.39 is 36.0 Å². The SMILES string of the molecule is C=CCc1cccc(C(NC(=O)C2CCC(C(F)(F)F)NC2=O)c2ccccc2)c1. The largest absolute Gasteiger partial charge is 0.408 e. The Bertz CT molecular complexity index is 912. The molecule has 1 saturated heterocycles. The van der Waals surface area contributed by atoms with Crippen molar-refractivity contribution >= 4 is 11.8 Å². The van der Waals surface area contributed by atoms with E-state index in [4.69, 9.17) is 0 Å². The molecule has 1 aliphatic heterocycles. The van der Waals surface area contributed by atoms with Gasteiger partial charge in [0.25, 0.3) is 0 Å². The van der Waals surface area contributed by atoms with Gasteiger partial charge in [0.05, 0.1) is 6.04 Å². The molecule has 4 nitrogen and oxygen atoms in total. The van der Waals surface area contributed by atoms with Gasteiger partial charge >= 0.3 is 6.18 Å². The lowest BCUT2D eigenvalue weighted by atomic mass is 9.91. The van der Waals surface area contributed by atoms with Gasteiger partial charge in [-0.25, -0.2) is 0 Å². The van der Waals surface area contributed by atoms with E-state index in [2.05, 4.69) is 11.9 Å². The first-order chi connectivity index (χ1) is 14.3. The maximum Gasteiger partial charge on any atom is 0.408 e. The second-order valence-electron chi connectivity index (χ2n) is 7.32. The molecule has 2 aromatic carbocycles. The Morgan fingerprint density at radius 3 is 2.47 bits per heavy atom. The van der Waals surface area contributed by atoms with Crippen LogP contribution in [-0.4, -0.2) is 24.0 Å². The van der Waals surface area contributed by atoms with Crippen molar-refractivity contribution < 1.29 is 22.8 Å². The van der Waals surface area contributed by atoms with Crippen LogP contribution < -0.4 is 10.6 Å². The molecule has 30 heavy (non-hydrogen) atoms. The molecule has 0 bridgehead atoms. The molecule has 0 radical (unpaired) electrons. The summed E-state index contributed by atoms with van der Waals surface area (Å²) in [6, 6.07) is 14.4. The van der Waals surface area contributed by atoms with E-state index in [0.29, 0.717) is 6.42 Å². The van der Waals surface area contributed by atoms with Crippen LogP contribution >= 0.6 is 0 Å². The zero-order valence-electron chi connectivity index (χ0n) is 16.3. The predicted octanol–water partition coefficient (Wildman–Crippen LogP) is 4.08. The van der Waals surface area contributed by atoms with Gasteiger partial charge in [-0.05, 0) is 36.0 Å². The fourth-order valence-electron chi connectivity index (χ4n) is 3.62. The van der Waals surface area contributed by atoms with Crippen LogP contribution in [0.15, 0.2) is 67.3 Å². The molecule has 2 amide bonds. The molecule has 1 aliphatic rings. The lowest BCUT2D eigenvalue weighted by molar-refractivity contribution is -0.171. The van der Waals surface area contributed by atoms with Crippen molar-refractivity contribution in [2.45, 2.75) is 37.5 Å². The smallest absolute Gasteiger partial charge is 0.344 e. The highest BCUT2D eigenvalue weighted by molar-refractivity contribution is 6.01. The van der Waals surface area contributed by atoms with Gasteiger partial charge in [-0.15, -0.1) is 6.58 Å². The molecule has 7 heteroatoms. The first-order valence-electron chi connectivity index (χ1n) is 9.71. The molecule has 0 saturated carbocycles. The van der Waals surface area contributed by atoms with Crippen LogP contribution in [0.3, 0.4) is 0 Å². The number of halogens is 3. The Hall–Kier alpha value is -3.09. The number of alkyl halides is 3. The minimum absolute atomic E-state index is 0.153. The molecule has 1 heterocycles. The van der Waals surface area contributed by atoms with Gasteiger partial charge in [0.15, 0.2) is 0 Å². The molecular weight excluding hydrogens is 393 g/mol. The third-order valence-corrected chi connectivity index (χ3v) is 5.17. The number of benzene rings is 2. The molecule has 0 aromatic heterocycles. The van der Waals surface area contributed by atoms with Crippen molar-refractivity contribution in [3.05, 3.63) is 83.9 Å². The van der Waals surface area contributed by atoms with Crippen LogP contribution in [0.4, 0.5) is 13.2 Å². The second-order valence-corrected chi connectivity index (χ2v) is 7.32. The van der Waals surface area contributed by atoms with Crippen molar-refractivity contribution in [1.29, 1.82) is 0 Å². The molecule has 3 rings (SSSR count). The standard InChI is InChI=1S/C23H23F3N2O2/c1-2-7-15-8-6-11-17(14-15)20(16-9-4-3-5-10-16)28-22(30)18-12-13-19(23(24,25)26)27-21(18)29/h2-6,8-11,14,18-20H,1,7,12-13H2,(H,27,29)(H,28,30). The van der Waals surface area contributed by atoms with E-state index in [-0.39, 0.29) is 12.8 Å². The van der Waals surface area contributed by atoms with Crippen molar-refractivity contribution in [2.75, 3.05) is 0 Å². The quantitative estimate of drug-likeness (QED) is 0.551. The van der Waals surface area contributed by atoms with Gasteiger partial charge < -0.3 is 10.6 Å². The molecular formula is C23H23F3N2O2. The van der Waals surface area contributed by atoms with Gasteiger partial charge in [0.1, 0.15) is 12.0 Å². The van der Waals surface area contributed by atoms with E-state index in [0.717, 1.165) is 16.7 Å². The minimum atomic E-state index is -4.52. The normalized spacial score (nSPS) is 20.2. The average Bonchev–Trinajstić information content (AvgIpc) is 2.72. The van der Waals surface area contributed by atoms with Crippen LogP contribution in [-0.2, 0) is 16.0 Å². The number of carbonyl (C=O) groups excluding carboxylic acids is 2. The van der Waals surface area contributed by atoms with Crippen molar-refractivity contribution in [2.24, 2.45) is 5.92 Å². The van der Waals surface area contributed by atoms with E-state index in [1.165, 1.54) is 0 Å². The fourth-order valence-corrected chi connectivity index (χ4v) is 3.62. The van der Waals surface area contributed by atoms with Crippen molar-refractivity contribution in [3.63, 3.8) is 0 Å². The number of allylic oxidation sites excluding steroid dienone is 1. The fraction of sp³-hybridized carbons (Fsp3) is 0.304. The van der Waals surface area contributed by atoms with Crippen LogP contribution in [0.25, 0.3) is 0 Å². The third kappa shape index (κ3) is 5.09. The van der Waals surface area contributed by atoms with Crippen molar-refractivity contribution in [3.8, 4) is 0 Å². The monoisotopic (exact) mass is 416 g/mol. The number of rotatable bonds is 6. The van der Waals surface area contributed by atoms with E-state index in [1.807, 2.05) is 59.9 Å². The highest BCUT2D eigenvalue weighted by atomic mass is 19.4. The Kier molecular flexibility index (Phi) is 6.59. The third-order valence-electron chi connectivity index (χ3n) is 5.17. The summed E-state index contributed by atoms with van der Waals surface area (Å²) in [5.41, 5.74) is 2.64. The zero-order valence-corrected chi connectivity index (χ0v) is 16.3. The molecule has 2 N–H and O–H groups in total. The summed E-state index contributed by atoms with van der Waals surface area (Å²) in [6.45, 7) is 3.74. The van der Waals surface area contributed by atoms with Crippen molar-refractivity contribution in [1.82, 2.24) is 10.6 Å². The summed E-state index contributed by atoms with van der Waals surface area (Å²) in [4.78, 5) is 25.1. The molecule has 3 atom stereocenters. The first-order valence-corrected chi connectivity index (χ1v) is 9.71. The number of carbonyl (C=O) groups is 2. The predicted molar refractivity (Wildman–Crippen MR) is 107 cm³/mol. The summed E-state index contributed by atoms with van der Waals surface area (Å²) < 4.78 is 38.6. The minimum Gasteiger partial charge on any atom is -0.344 e. The molecule has 2 aromatic rings. The maximum atomic E-state index is 12.9. The molecule has 158 valence electrons. The summed E-state index contributed by atoms with van der Waals surface area (Å²) in [6.07, 6.45) is -2.56. The topological polar surface area (TPSA) is 58.2 Å². The van der Waals surface area contributed by atoms with Gasteiger partial charge in [0, 0.05) is 0 Å². The van der Waals surface area contributed by atoms with Crippen LogP contribution in [0.5, 0.6) is 0 Å². The van der Waals surface area contributed by atoms with Gasteiger partial charge in [-0.2, -0.15) is 13.2 Å².